The molecule has 0 heterocycles. The van der Waals surface area contributed by atoms with Crippen molar-refractivity contribution in [1.29, 1.82) is 0 Å². The Bertz CT molecular complexity index is 80.9. The lowest BCUT2D eigenvalue weighted by molar-refractivity contribution is 0.754. The summed E-state index contributed by atoms with van der Waals surface area (Å²) in [5.41, 5.74) is 0. The third-order valence-electron chi connectivity index (χ3n) is 1.11. The van der Waals surface area contributed by atoms with Crippen LogP contribution in [0.25, 0.3) is 0 Å². The molecule has 10 heavy (non-hydrogen) atoms. The fourth-order valence-electron chi connectivity index (χ4n) is 0.545. The quantitative estimate of drug-likeness (QED) is 0.324. The molecule has 3 heteroatoms. The van der Waals surface area contributed by atoms with Gasteiger partial charge in [-0.15, -0.1) is 0 Å². The Balaban J connectivity index is 2.88. The van der Waals surface area contributed by atoms with Crippen LogP contribution in [0, 0.1) is 0 Å². The predicted octanol–water partition coefficient (Wildman–Crippen LogP) is 0.581. The SMILES string of the molecule is CCCCNC=NCNC. The smallest absolute Gasteiger partial charge is 0.0899 e. The van der Waals surface area contributed by atoms with Crippen molar-refractivity contribution in [2.24, 2.45) is 4.99 Å². The van der Waals surface area contributed by atoms with E-state index in [1.165, 1.54) is 12.8 Å². The van der Waals surface area contributed by atoms with Gasteiger partial charge in [0.1, 0.15) is 0 Å². The number of rotatable bonds is 6. The van der Waals surface area contributed by atoms with Crippen molar-refractivity contribution in [2.75, 3.05) is 20.3 Å². The normalized spacial score (nSPS) is 10.6. The van der Waals surface area contributed by atoms with Crippen molar-refractivity contribution < 1.29 is 0 Å². The Morgan fingerprint density at radius 3 is 2.90 bits per heavy atom. The summed E-state index contributed by atoms with van der Waals surface area (Å²) in [6, 6.07) is 0. The van der Waals surface area contributed by atoms with Gasteiger partial charge in [-0.2, -0.15) is 0 Å². The molecule has 3 nitrogen and oxygen atoms in total. The van der Waals surface area contributed by atoms with Gasteiger partial charge in [0.05, 0.1) is 13.0 Å². The molecular formula is C7H17N3. The predicted molar refractivity (Wildman–Crippen MR) is 45.3 cm³/mol. The minimum absolute atomic E-state index is 0.694. The highest BCUT2D eigenvalue weighted by Gasteiger charge is 1.77. The van der Waals surface area contributed by atoms with E-state index < -0.39 is 0 Å². The van der Waals surface area contributed by atoms with Gasteiger partial charge in [-0.3, -0.25) is 4.99 Å². The van der Waals surface area contributed by atoms with E-state index in [2.05, 4.69) is 22.5 Å². The summed E-state index contributed by atoms with van der Waals surface area (Å²) in [4.78, 5) is 4.01. The lowest BCUT2D eigenvalue weighted by Gasteiger charge is -1.95. The maximum Gasteiger partial charge on any atom is 0.0899 e. The van der Waals surface area contributed by atoms with Crippen LogP contribution in [0.2, 0.25) is 0 Å². The van der Waals surface area contributed by atoms with Crippen LogP contribution in [-0.4, -0.2) is 26.6 Å². The van der Waals surface area contributed by atoms with Crippen molar-refractivity contribution in [3.05, 3.63) is 0 Å². The second-order valence-electron chi connectivity index (χ2n) is 2.13. The van der Waals surface area contributed by atoms with Crippen LogP contribution in [0.4, 0.5) is 0 Å². The molecule has 2 N–H and O–H groups in total. The Labute approximate surface area is 62.9 Å². The molecule has 0 atom stereocenters. The molecule has 0 spiro atoms. The molecule has 0 radical (unpaired) electrons. The lowest BCUT2D eigenvalue weighted by Crippen LogP contribution is -2.14. The largest absolute Gasteiger partial charge is 0.376 e. The number of hydrogen-bond acceptors (Lipinski definition) is 2. The second-order valence-corrected chi connectivity index (χ2v) is 2.13. The minimum Gasteiger partial charge on any atom is -0.376 e. The number of nitrogens with one attached hydrogen (secondary N) is 2. The molecule has 0 unspecified atom stereocenters. The van der Waals surface area contributed by atoms with Crippen LogP contribution in [0.5, 0.6) is 0 Å². The van der Waals surface area contributed by atoms with E-state index in [4.69, 9.17) is 0 Å². The van der Waals surface area contributed by atoms with Crippen LogP contribution in [0.1, 0.15) is 19.8 Å². The topological polar surface area (TPSA) is 36.4 Å². The van der Waals surface area contributed by atoms with Gasteiger partial charge in [0, 0.05) is 6.54 Å². The number of hydrogen-bond donors (Lipinski definition) is 2. The summed E-state index contributed by atoms with van der Waals surface area (Å²) in [6.07, 6.45) is 4.20. The van der Waals surface area contributed by atoms with Crippen LogP contribution in [0.15, 0.2) is 4.99 Å². The van der Waals surface area contributed by atoms with Crippen molar-refractivity contribution in [3.63, 3.8) is 0 Å². The summed E-state index contributed by atoms with van der Waals surface area (Å²) in [7, 11) is 1.88. The first-order chi connectivity index (χ1) is 4.91. The van der Waals surface area contributed by atoms with Crippen LogP contribution >= 0.6 is 0 Å². The molecule has 0 aromatic heterocycles. The number of aliphatic imine (C=N–C) groups is 1. The molecule has 0 saturated carbocycles. The maximum atomic E-state index is 4.01. The van der Waals surface area contributed by atoms with Crippen LogP contribution in [-0.2, 0) is 0 Å². The van der Waals surface area contributed by atoms with Gasteiger partial charge in [-0.25, -0.2) is 0 Å². The van der Waals surface area contributed by atoms with E-state index in [0.717, 1.165) is 6.54 Å². The third-order valence-corrected chi connectivity index (χ3v) is 1.11. The fraction of sp³-hybridized carbons (Fsp3) is 0.857. The van der Waals surface area contributed by atoms with Gasteiger partial charge >= 0.3 is 0 Å². The van der Waals surface area contributed by atoms with Crippen molar-refractivity contribution in [2.45, 2.75) is 19.8 Å². The summed E-state index contributed by atoms with van der Waals surface area (Å²) < 4.78 is 0. The van der Waals surface area contributed by atoms with Crippen molar-refractivity contribution in [3.8, 4) is 0 Å². The summed E-state index contributed by atoms with van der Waals surface area (Å²) in [5, 5.41) is 6.01. The summed E-state index contributed by atoms with van der Waals surface area (Å²) >= 11 is 0. The highest BCUT2D eigenvalue weighted by atomic mass is 15.0. The van der Waals surface area contributed by atoms with Gasteiger partial charge in [0.2, 0.25) is 0 Å². The lowest BCUT2D eigenvalue weighted by atomic mass is 10.3. The molecule has 0 aliphatic carbocycles. The van der Waals surface area contributed by atoms with E-state index in [0.29, 0.717) is 6.67 Å². The standard InChI is InChI=1S/C7H17N3/c1-3-4-5-9-7-10-6-8-2/h7-8H,3-6H2,1-2H3,(H,9,10). The van der Waals surface area contributed by atoms with E-state index in [1.54, 1.807) is 6.34 Å². The van der Waals surface area contributed by atoms with Gasteiger partial charge in [-0.1, -0.05) is 13.3 Å². The number of nitrogens with zero attached hydrogens (tertiary/aromatic N) is 1. The summed E-state index contributed by atoms with van der Waals surface area (Å²) in [6.45, 7) is 3.90. The van der Waals surface area contributed by atoms with E-state index >= 15 is 0 Å². The molecule has 0 bridgehead atoms. The maximum absolute atomic E-state index is 4.01. The monoisotopic (exact) mass is 143 g/mol. The fourth-order valence-corrected chi connectivity index (χ4v) is 0.545. The molecule has 60 valence electrons. The Kier molecular flexibility index (Phi) is 7.95. The molecule has 0 fully saturated rings. The Morgan fingerprint density at radius 2 is 2.30 bits per heavy atom. The first kappa shape index (κ1) is 9.43. The van der Waals surface area contributed by atoms with Crippen LogP contribution in [0.3, 0.4) is 0 Å². The van der Waals surface area contributed by atoms with E-state index in [-0.39, 0.29) is 0 Å². The Morgan fingerprint density at radius 1 is 1.50 bits per heavy atom. The molecule has 0 aromatic rings. The molecule has 0 aliphatic heterocycles. The van der Waals surface area contributed by atoms with Crippen LogP contribution < -0.4 is 10.6 Å². The second kappa shape index (κ2) is 8.43. The molecule has 0 rings (SSSR count). The molecular weight excluding hydrogens is 126 g/mol. The third kappa shape index (κ3) is 7.43. The highest BCUT2D eigenvalue weighted by molar-refractivity contribution is 5.53. The minimum atomic E-state index is 0.694. The number of unbranched alkanes of at least 4 members (excludes halogenated alkanes) is 1. The first-order valence-electron chi connectivity index (χ1n) is 3.78. The Hall–Kier alpha value is -0.570. The van der Waals surface area contributed by atoms with Crippen molar-refractivity contribution in [1.82, 2.24) is 10.6 Å². The van der Waals surface area contributed by atoms with Gasteiger partial charge < -0.3 is 10.6 Å². The first-order valence-corrected chi connectivity index (χ1v) is 3.78. The zero-order valence-electron chi connectivity index (χ0n) is 6.85. The van der Waals surface area contributed by atoms with E-state index in [9.17, 15) is 0 Å². The highest BCUT2D eigenvalue weighted by Crippen LogP contribution is 1.80. The zero-order valence-corrected chi connectivity index (χ0v) is 6.85. The van der Waals surface area contributed by atoms with E-state index in [1.807, 2.05) is 7.05 Å². The molecule has 0 aromatic carbocycles. The molecule has 0 amide bonds. The molecule has 0 aliphatic rings. The van der Waals surface area contributed by atoms with Gasteiger partial charge in [0.15, 0.2) is 0 Å². The van der Waals surface area contributed by atoms with Gasteiger partial charge in [-0.05, 0) is 13.5 Å². The average molecular weight is 143 g/mol. The molecule has 0 saturated heterocycles. The van der Waals surface area contributed by atoms with Crippen molar-refractivity contribution >= 4 is 6.34 Å². The van der Waals surface area contributed by atoms with Gasteiger partial charge in [0.25, 0.3) is 0 Å². The average Bonchev–Trinajstić information content (AvgIpc) is 1.97. The summed E-state index contributed by atoms with van der Waals surface area (Å²) in [5.74, 6) is 0. The zero-order chi connectivity index (χ0) is 7.66.